The van der Waals surface area contributed by atoms with E-state index in [9.17, 15) is 9.59 Å². The molecule has 0 unspecified atom stereocenters. The molecule has 3 rings (SSSR count). The Kier molecular flexibility index (Phi) is 6.82. The van der Waals surface area contributed by atoms with Gasteiger partial charge < -0.3 is 25.7 Å². The zero-order valence-corrected chi connectivity index (χ0v) is 18.6. The van der Waals surface area contributed by atoms with Gasteiger partial charge in [0, 0.05) is 28.5 Å². The summed E-state index contributed by atoms with van der Waals surface area (Å²) in [6, 6.07) is 10.9. The number of aromatic nitrogens is 1. The van der Waals surface area contributed by atoms with Crippen LogP contribution in [0.3, 0.4) is 0 Å². The lowest BCUT2D eigenvalue weighted by Gasteiger charge is -2.18. The van der Waals surface area contributed by atoms with E-state index in [-0.39, 0.29) is 12.5 Å². The number of pyridine rings is 1. The number of hydrogen-bond acceptors (Lipinski definition) is 6. The topological polar surface area (TPSA) is 127 Å². The predicted octanol–water partition coefficient (Wildman–Crippen LogP) is 3.78. The van der Waals surface area contributed by atoms with Crippen LogP contribution in [0.4, 0.5) is 4.79 Å². The predicted molar refractivity (Wildman–Crippen MR) is 122 cm³/mol. The highest BCUT2D eigenvalue weighted by Gasteiger charge is 2.18. The molecule has 168 valence electrons. The molecule has 8 heteroatoms. The van der Waals surface area contributed by atoms with Crippen LogP contribution in [0.15, 0.2) is 36.4 Å². The van der Waals surface area contributed by atoms with E-state index in [0.29, 0.717) is 34.9 Å². The molecular weight excluding hydrogens is 410 g/mol. The van der Waals surface area contributed by atoms with Crippen LogP contribution in [0.25, 0.3) is 22.0 Å². The molecule has 2 amide bonds. The molecule has 0 aliphatic heterocycles. The van der Waals surface area contributed by atoms with E-state index in [2.05, 4.69) is 13.8 Å². The maximum atomic E-state index is 11.7. The van der Waals surface area contributed by atoms with Crippen molar-refractivity contribution in [2.24, 2.45) is 11.5 Å². The maximum Gasteiger partial charge on any atom is 0.404 e. The first-order valence-electron chi connectivity index (χ1n) is 10.2. The molecular formula is C24H27N3O5. The third-order valence-electron chi connectivity index (χ3n) is 5.19. The number of ether oxygens (including phenoxy) is 3. The third kappa shape index (κ3) is 4.74. The van der Waals surface area contributed by atoms with Crippen LogP contribution in [0.2, 0.25) is 0 Å². The Morgan fingerprint density at radius 3 is 2.19 bits per heavy atom. The molecule has 1 aromatic heterocycles. The van der Waals surface area contributed by atoms with Gasteiger partial charge in [-0.1, -0.05) is 19.9 Å². The van der Waals surface area contributed by atoms with Gasteiger partial charge >= 0.3 is 6.09 Å². The lowest BCUT2D eigenvalue weighted by molar-refractivity contribution is 0.1000. The number of benzene rings is 2. The SMILES string of the molecule is COc1cc(-c2cc3cc(C(N)=O)ccc3c(CCOC(N)=O)n2)cc(OC)c1C(C)C. The van der Waals surface area contributed by atoms with E-state index in [4.69, 9.17) is 30.7 Å². The van der Waals surface area contributed by atoms with Gasteiger partial charge in [-0.25, -0.2) is 4.79 Å². The van der Waals surface area contributed by atoms with Gasteiger partial charge in [-0.05, 0) is 41.6 Å². The van der Waals surface area contributed by atoms with Gasteiger partial charge in [0.15, 0.2) is 0 Å². The van der Waals surface area contributed by atoms with E-state index in [1.54, 1.807) is 32.4 Å². The van der Waals surface area contributed by atoms with E-state index in [1.165, 1.54) is 0 Å². The highest BCUT2D eigenvalue weighted by molar-refractivity contribution is 5.99. The fourth-order valence-electron chi connectivity index (χ4n) is 3.73. The van der Waals surface area contributed by atoms with Crippen LogP contribution in [-0.2, 0) is 11.2 Å². The Hall–Kier alpha value is -3.81. The fraction of sp³-hybridized carbons (Fsp3) is 0.292. The average molecular weight is 437 g/mol. The summed E-state index contributed by atoms with van der Waals surface area (Å²) < 4.78 is 16.2. The van der Waals surface area contributed by atoms with E-state index >= 15 is 0 Å². The fourth-order valence-corrected chi connectivity index (χ4v) is 3.73. The highest BCUT2D eigenvalue weighted by Crippen LogP contribution is 2.39. The molecule has 0 radical (unpaired) electrons. The Morgan fingerprint density at radius 1 is 1.00 bits per heavy atom. The molecule has 32 heavy (non-hydrogen) atoms. The van der Waals surface area contributed by atoms with Crippen LogP contribution in [0.5, 0.6) is 11.5 Å². The highest BCUT2D eigenvalue weighted by atomic mass is 16.5. The molecule has 0 aliphatic rings. The summed E-state index contributed by atoms with van der Waals surface area (Å²) in [5.41, 5.74) is 14.0. The van der Waals surface area contributed by atoms with Crippen molar-refractivity contribution in [2.75, 3.05) is 20.8 Å². The molecule has 0 saturated heterocycles. The third-order valence-corrected chi connectivity index (χ3v) is 5.19. The summed E-state index contributed by atoms with van der Waals surface area (Å²) in [4.78, 5) is 27.5. The second-order valence-electron chi connectivity index (χ2n) is 7.62. The summed E-state index contributed by atoms with van der Waals surface area (Å²) in [5, 5.41) is 1.61. The van der Waals surface area contributed by atoms with Crippen LogP contribution in [0.1, 0.15) is 41.4 Å². The number of amides is 2. The number of primary amides is 2. The first kappa shape index (κ1) is 22.9. The van der Waals surface area contributed by atoms with Gasteiger partial charge in [-0.15, -0.1) is 0 Å². The van der Waals surface area contributed by atoms with Gasteiger partial charge in [0.2, 0.25) is 5.91 Å². The van der Waals surface area contributed by atoms with Crippen LogP contribution in [0, 0.1) is 0 Å². The Morgan fingerprint density at radius 2 is 1.66 bits per heavy atom. The van der Waals surface area contributed by atoms with Crippen LogP contribution in [-0.4, -0.2) is 37.8 Å². The molecule has 0 fully saturated rings. The molecule has 4 N–H and O–H groups in total. The van der Waals surface area contributed by atoms with Crippen molar-refractivity contribution in [3.8, 4) is 22.8 Å². The van der Waals surface area contributed by atoms with Gasteiger partial charge in [0.25, 0.3) is 0 Å². The second-order valence-corrected chi connectivity index (χ2v) is 7.62. The summed E-state index contributed by atoms with van der Waals surface area (Å²) in [5.74, 6) is 1.06. The Labute approximate surface area is 186 Å². The van der Waals surface area contributed by atoms with Crippen LogP contribution >= 0.6 is 0 Å². The molecule has 0 spiro atoms. The summed E-state index contributed by atoms with van der Waals surface area (Å²) in [6.07, 6.45) is -0.498. The first-order chi connectivity index (χ1) is 15.2. The molecule has 2 aromatic carbocycles. The van der Waals surface area contributed by atoms with Gasteiger partial charge in [-0.2, -0.15) is 0 Å². The smallest absolute Gasteiger partial charge is 0.404 e. The van der Waals surface area contributed by atoms with Crippen LogP contribution < -0.4 is 20.9 Å². The quantitative estimate of drug-likeness (QED) is 0.552. The Bertz CT molecular complexity index is 1150. The normalized spacial score (nSPS) is 10.9. The van der Waals surface area contributed by atoms with Crippen molar-refractivity contribution < 1.29 is 23.8 Å². The Balaban J connectivity index is 2.20. The van der Waals surface area contributed by atoms with Gasteiger partial charge in [0.05, 0.1) is 32.2 Å². The molecule has 0 aliphatic carbocycles. The lowest BCUT2D eigenvalue weighted by atomic mass is 9.96. The van der Waals surface area contributed by atoms with Gasteiger partial charge in [0.1, 0.15) is 11.5 Å². The number of rotatable bonds is 8. The summed E-state index contributed by atoms with van der Waals surface area (Å²) in [7, 11) is 3.23. The van der Waals surface area contributed by atoms with Gasteiger partial charge in [-0.3, -0.25) is 9.78 Å². The first-order valence-corrected chi connectivity index (χ1v) is 10.2. The van der Waals surface area contributed by atoms with Crippen molar-refractivity contribution in [1.82, 2.24) is 4.98 Å². The minimum absolute atomic E-state index is 0.0807. The second kappa shape index (κ2) is 9.55. The number of nitrogens with two attached hydrogens (primary N) is 2. The number of carbonyl (C=O) groups is 2. The van der Waals surface area contributed by atoms with Crippen molar-refractivity contribution in [3.05, 3.63) is 53.2 Å². The standard InChI is InChI=1S/C24H27N3O5/c1-13(2)22-20(30-3)11-16(12-21(22)31-4)19-10-15-9-14(23(25)28)5-6-17(15)18(27-19)7-8-32-24(26)29/h5-6,9-13H,7-8H2,1-4H3,(H2,25,28)(H2,26,29). The van der Waals surface area contributed by atoms with E-state index < -0.39 is 12.0 Å². The number of nitrogens with zero attached hydrogens (tertiary/aromatic N) is 1. The largest absolute Gasteiger partial charge is 0.496 e. The summed E-state index contributed by atoms with van der Waals surface area (Å²) in [6.45, 7) is 4.21. The number of fused-ring (bicyclic) bond motifs is 1. The monoisotopic (exact) mass is 437 g/mol. The van der Waals surface area contributed by atoms with Crippen molar-refractivity contribution >= 4 is 22.8 Å². The number of hydrogen-bond donors (Lipinski definition) is 2. The zero-order chi connectivity index (χ0) is 23.4. The maximum absolute atomic E-state index is 11.7. The minimum atomic E-state index is -0.847. The average Bonchev–Trinajstić information content (AvgIpc) is 2.76. The molecule has 0 saturated carbocycles. The minimum Gasteiger partial charge on any atom is -0.496 e. The molecule has 0 atom stereocenters. The molecule has 0 bridgehead atoms. The number of methoxy groups -OCH3 is 2. The van der Waals surface area contributed by atoms with Crippen molar-refractivity contribution in [2.45, 2.75) is 26.2 Å². The van der Waals surface area contributed by atoms with E-state index in [1.807, 2.05) is 18.2 Å². The zero-order valence-electron chi connectivity index (χ0n) is 18.6. The van der Waals surface area contributed by atoms with E-state index in [0.717, 1.165) is 21.9 Å². The molecule has 8 nitrogen and oxygen atoms in total. The van der Waals surface area contributed by atoms with Crippen molar-refractivity contribution in [1.29, 1.82) is 0 Å². The van der Waals surface area contributed by atoms with Crippen molar-refractivity contribution in [3.63, 3.8) is 0 Å². The summed E-state index contributed by atoms with van der Waals surface area (Å²) >= 11 is 0. The molecule has 3 aromatic rings. The lowest BCUT2D eigenvalue weighted by Crippen LogP contribution is -2.15. The molecule has 1 heterocycles. The number of carbonyl (C=O) groups excluding carboxylic acids is 2.